The standard InChI is InChI=1S/C30H33N3O5S/c1-18-9-6-7-12-21(18)15-32-29(37)23-16-39-17-33(23)30(38)28(36)25(26(31)20-10-4-3-5-11-20)27(35)22-13-8-14-24(34)19(22)2/h3-14,23,25-26,28,34,36H,15-17,31H2,1-2H3,(H,32,37)/t23-,25+,26?,28-/m0/s1. The lowest BCUT2D eigenvalue weighted by molar-refractivity contribution is -0.146. The fraction of sp³-hybridized carbons (Fsp3) is 0.300. The number of phenolic OH excluding ortho intramolecular Hbond substituents is 1. The topological polar surface area (TPSA) is 133 Å². The molecule has 39 heavy (non-hydrogen) atoms. The van der Waals surface area contributed by atoms with E-state index in [0.29, 0.717) is 23.4 Å². The van der Waals surface area contributed by atoms with Crippen molar-refractivity contribution in [2.75, 3.05) is 11.6 Å². The lowest BCUT2D eigenvalue weighted by Gasteiger charge is -2.31. The van der Waals surface area contributed by atoms with E-state index in [4.69, 9.17) is 5.73 Å². The second-order valence-corrected chi connectivity index (χ2v) is 10.7. The van der Waals surface area contributed by atoms with Gasteiger partial charge in [0.15, 0.2) is 5.78 Å². The zero-order valence-electron chi connectivity index (χ0n) is 21.9. The molecule has 1 heterocycles. The molecule has 0 radical (unpaired) electrons. The van der Waals surface area contributed by atoms with Gasteiger partial charge in [-0.1, -0.05) is 66.7 Å². The highest BCUT2D eigenvalue weighted by molar-refractivity contribution is 7.99. The number of amides is 2. The molecule has 0 bridgehead atoms. The fourth-order valence-corrected chi connectivity index (χ4v) is 5.93. The average molecular weight is 548 g/mol. The van der Waals surface area contributed by atoms with Crippen LogP contribution in [-0.4, -0.2) is 56.5 Å². The number of carbonyl (C=O) groups excluding carboxylic acids is 3. The first-order valence-electron chi connectivity index (χ1n) is 12.7. The van der Waals surface area contributed by atoms with Crippen molar-refractivity contribution in [1.29, 1.82) is 0 Å². The van der Waals surface area contributed by atoms with Crippen molar-refractivity contribution < 1.29 is 24.6 Å². The summed E-state index contributed by atoms with van der Waals surface area (Å²) in [4.78, 5) is 41.9. The Balaban J connectivity index is 1.58. The van der Waals surface area contributed by atoms with Crippen molar-refractivity contribution in [2.24, 2.45) is 11.7 Å². The van der Waals surface area contributed by atoms with E-state index in [2.05, 4.69) is 5.32 Å². The van der Waals surface area contributed by atoms with Crippen molar-refractivity contribution in [3.05, 3.63) is 101 Å². The average Bonchev–Trinajstić information content (AvgIpc) is 3.44. The molecule has 8 nitrogen and oxygen atoms in total. The highest BCUT2D eigenvalue weighted by atomic mass is 32.2. The van der Waals surface area contributed by atoms with E-state index in [1.807, 2.05) is 31.2 Å². The fourth-order valence-electron chi connectivity index (χ4n) is 4.76. The molecule has 4 atom stereocenters. The van der Waals surface area contributed by atoms with E-state index in [1.54, 1.807) is 37.3 Å². The van der Waals surface area contributed by atoms with Gasteiger partial charge in [0.25, 0.3) is 5.91 Å². The molecule has 0 saturated carbocycles. The first-order valence-corrected chi connectivity index (χ1v) is 13.9. The SMILES string of the molecule is Cc1ccccc1CNC(=O)[C@@H]1CSCN1C(=O)[C@@H](O)[C@@H](C(=O)c1cccc(O)c1C)C(N)c1ccccc1. The maximum Gasteiger partial charge on any atom is 0.253 e. The third-order valence-corrected chi connectivity index (χ3v) is 8.23. The second-order valence-electron chi connectivity index (χ2n) is 9.69. The summed E-state index contributed by atoms with van der Waals surface area (Å²) in [6.45, 7) is 3.86. The van der Waals surface area contributed by atoms with Crippen molar-refractivity contribution >= 4 is 29.4 Å². The van der Waals surface area contributed by atoms with Crippen LogP contribution in [0.2, 0.25) is 0 Å². The molecular formula is C30H33N3O5S. The first-order chi connectivity index (χ1) is 18.7. The molecule has 2 amide bonds. The molecule has 1 saturated heterocycles. The number of aromatic hydroxyl groups is 1. The predicted octanol–water partition coefficient (Wildman–Crippen LogP) is 3.09. The van der Waals surface area contributed by atoms with E-state index in [0.717, 1.165) is 11.1 Å². The molecule has 9 heteroatoms. The maximum absolute atomic E-state index is 13.8. The summed E-state index contributed by atoms with van der Waals surface area (Å²) in [5.74, 6) is -2.48. The summed E-state index contributed by atoms with van der Waals surface area (Å²) in [5.41, 5.74) is 9.61. The van der Waals surface area contributed by atoms with Crippen LogP contribution in [0.25, 0.3) is 0 Å². The molecule has 1 aliphatic heterocycles. The Morgan fingerprint density at radius 1 is 1.03 bits per heavy atom. The molecule has 204 valence electrons. The normalized spacial score (nSPS) is 17.3. The number of carbonyl (C=O) groups is 3. The van der Waals surface area contributed by atoms with Crippen LogP contribution in [0.4, 0.5) is 0 Å². The van der Waals surface area contributed by atoms with Crippen LogP contribution in [0.5, 0.6) is 5.75 Å². The van der Waals surface area contributed by atoms with Crippen molar-refractivity contribution in [1.82, 2.24) is 10.2 Å². The van der Waals surface area contributed by atoms with E-state index in [9.17, 15) is 24.6 Å². The number of aryl methyl sites for hydroxylation is 1. The molecule has 3 aromatic rings. The van der Waals surface area contributed by atoms with E-state index < -0.39 is 35.8 Å². The number of hydrogen-bond acceptors (Lipinski definition) is 7. The van der Waals surface area contributed by atoms with Crippen LogP contribution < -0.4 is 11.1 Å². The summed E-state index contributed by atoms with van der Waals surface area (Å²) in [6, 6.07) is 19.2. The van der Waals surface area contributed by atoms with Gasteiger partial charge in [0.05, 0.1) is 11.8 Å². The van der Waals surface area contributed by atoms with Gasteiger partial charge in [0, 0.05) is 29.5 Å². The summed E-state index contributed by atoms with van der Waals surface area (Å²) < 4.78 is 0. The van der Waals surface area contributed by atoms with Crippen LogP contribution in [-0.2, 0) is 16.1 Å². The highest BCUT2D eigenvalue weighted by Gasteiger charge is 2.44. The summed E-state index contributed by atoms with van der Waals surface area (Å²) in [6.07, 6.45) is -1.81. The number of ketones is 1. The molecule has 1 aliphatic rings. The first kappa shape index (κ1) is 28.4. The molecule has 1 unspecified atom stereocenters. The monoisotopic (exact) mass is 547 g/mol. The van der Waals surface area contributed by atoms with Gasteiger partial charge >= 0.3 is 0 Å². The Bertz CT molecular complexity index is 1350. The van der Waals surface area contributed by atoms with Crippen LogP contribution >= 0.6 is 11.8 Å². The lowest BCUT2D eigenvalue weighted by Crippen LogP contribution is -2.53. The van der Waals surface area contributed by atoms with E-state index in [1.165, 1.54) is 34.9 Å². The van der Waals surface area contributed by atoms with Gasteiger partial charge in [-0.15, -0.1) is 11.8 Å². The zero-order chi connectivity index (χ0) is 28.1. The number of thioether (sulfide) groups is 1. The van der Waals surface area contributed by atoms with Gasteiger partial charge in [-0.3, -0.25) is 14.4 Å². The molecule has 4 rings (SSSR count). The van der Waals surface area contributed by atoms with Gasteiger partial charge in [-0.2, -0.15) is 0 Å². The Labute approximate surface area is 232 Å². The van der Waals surface area contributed by atoms with Gasteiger partial charge in [-0.05, 0) is 36.6 Å². The molecular weight excluding hydrogens is 514 g/mol. The van der Waals surface area contributed by atoms with Gasteiger partial charge < -0.3 is 26.2 Å². The zero-order valence-corrected chi connectivity index (χ0v) is 22.7. The quantitative estimate of drug-likeness (QED) is 0.303. The molecule has 0 aliphatic carbocycles. The minimum Gasteiger partial charge on any atom is -0.508 e. The van der Waals surface area contributed by atoms with Crippen LogP contribution in [0.3, 0.4) is 0 Å². The number of Topliss-reactive ketones (excluding diaryl/α,β-unsaturated/α-hetero) is 1. The Hall–Kier alpha value is -3.66. The molecule has 0 aromatic heterocycles. The number of aliphatic hydroxyl groups excluding tert-OH is 1. The number of nitrogens with two attached hydrogens (primary N) is 1. The summed E-state index contributed by atoms with van der Waals surface area (Å²) in [7, 11) is 0. The van der Waals surface area contributed by atoms with Gasteiger partial charge in [0.1, 0.15) is 17.9 Å². The summed E-state index contributed by atoms with van der Waals surface area (Å²) >= 11 is 1.40. The molecule has 3 aromatic carbocycles. The van der Waals surface area contributed by atoms with Crippen LogP contribution in [0.1, 0.15) is 38.7 Å². The van der Waals surface area contributed by atoms with Crippen LogP contribution in [0, 0.1) is 19.8 Å². The third-order valence-electron chi connectivity index (χ3n) is 7.22. The molecule has 1 fully saturated rings. The number of phenols is 1. The minimum absolute atomic E-state index is 0.0740. The Morgan fingerprint density at radius 3 is 2.44 bits per heavy atom. The lowest BCUT2D eigenvalue weighted by atomic mass is 9.81. The predicted molar refractivity (Wildman–Crippen MR) is 151 cm³/mol. The smallest absolute Gasteiger partial charge is 0.253 e. The number of nitrogens with zero attached hydrogens (tertiary/aromatic N) is 1. The number of hydrogen-bond donors (Lipinski definition) is 4. The van der Waals surface area contributed by atoms with E-state index >= 15 is 0 Å². The number of benzene rings is 3. The summed E-state index contributed by atoms with van der Waals surface area (Å²) in [5, 5.41) is 24.5. The van der Waals surface area contributed by atoms with Gasteiger partial charge in [-0.25, -0.2) is 0 Å². The third kappa shape index (κ3) is 6.16. The van der Waals surface area contributed by atoms with Crippen molar-refractivity contribution in [3.63, 3.8) is 0 Å². The largest absolute Gasteiger partial charge is 0.508 e. The maximum atomic E-state index is 13.8. The Kier molecular flexibility index (Phi) is 9.06. The molecule has 5 N–H and O–H groups in total. The Morgan fingerprint density at radius 2 is 1.72 bits per heavy atom. The van der Waals surface area contributed by atoms with Crippen molar-refractivity contribution in [3.8, 4) is 5.75 Å². The minimum atomic E-state index is -1.81. The molecule has 0 spiro atoms. The number of rotatable bonds is 9. The van der Waals surface area contributed by atoms with E-state index in [-0.39, 0.29) is 23.1 Å². The highest BCUT2D eigenvalue weighted by Crippen LogP contribution is 2.32. The van der Waals surface area contributed by atoms with Crippen LogP contribution in [0.15, 0.2) is 72.8 Å². The van der Waals surface area contributed by atoms with Gasteiger partial charge in [0.2, 0.25) is 5.91 Å². The second kappa shape index (κ2) is 12.5. The van der Waals surface area contributed by atoms with Crippen molar-refractivity contribution in [2.45, 2.75) is 38.6 Å². The number of aliphatic hydroxyl groups is 1. The number of nitrogens with one attached hydrogen (secondary N) is 1.